The molecule has 0 fully saturated rings. The molecule has 148 valence electrons. The van der Waals surface area contributed by atoms with E-state index in [1.54, 1.807) is 25.3 Å². The summed E-state index contributed by atoms with van der Waals surface area (Å²) in [4.78, 5) is 8.78. The molecule has 1 atom stereocenters. The number of sulfonamides is 1. The third kappa shape index (κ3) is 5.38. The maximum Gasteiger partial charge on any atom is 0.238 e. The highest BCUT2D eigenvalue weighted by Gasteiger charge is 2.20. The monoisotopic (exact) mass is 457 g/mol. The number of nitrogens with zero attached hydrogens (tertiary/aromatic N) is 2. The summed E-state index contributed by atoms with van der Waals surface area (Å²) in [6.07, 6.45) is 1.59. The van der Waals surface area contributed by atoms with Crippen LogP contribution < -0.4 is 15.8 Å². The van der Waals surface area contributed by atoms with Crippen LogP contribution >= 0.6 is 15.9 Å². The lowest BCUT2D eigenvalue weighted by Crippen LogP contribution is -2.20. The van der Waals surface area contributed by atoms with E-state index >= 15 is 0 Å². The largest absolute Gasteiger partial charge is 0.394 e. The van der Waals surface area contributed by atoms with E-state index < -0.39 is 10.0 Å². The predicted octanol–water partition coefficient (Wildman–Crippen LogP) is 2.85. The Morgan fingerprint density at radius 3 is 2.52 bits per heavy atom. The van der Waals surface area contributed by atoms with Gasteiger partial charge in [-0.25, -0.2) is 18.5 Å². The van der Waals surface area contributed by atoms with Gasteiger partial charge < -0.3 is 15.7 Å². The van der Waals surface area contributed by atoms with Gasteiger partial charge in [-0.15, -0.1) is 0 Å². The first kappa shape index (κ1) is 21.5. The van der Waals surface area contributed by atoms with Gasteiger partial charge in [-0.3, -0.25) is 0 Å². The summed E-state index contributed by atoms with van der Waals surface area (Å²) in [5.74, 6) is 0.839. The van der Waals surface area contributed by atoms with Crippen molar-refractivity contribution in [3.05, 3.63) is 33.9 Å². The topological polar surface area (TPSA) is 130 Å². The van der Waals surface area contributed by atoms with Crippen molar-refractivity contribution in [2.45, 2.75) is 44.6 Å². The van der Waals surface area contributed by atoms with E-state index in [4.69, 9.17) is 5.14 Å². The molecule has 0 bridgehead atoms. The average molecular weight is 458 g/mol. The highest BCUT2D eigenvalue weighted by Crippen LogP contribution is 2.31. The molecule has 2 rings (SSSR count). The van der Waals surface area contributed by atoms with E-state index in [-0.39, 0.29) is 23.5 Å². The van der Waals surface area contributed by atoms with Gasteiger partial charge in [0.1, 0.15) is 5.82 Å². The molecule has 0 aliphatic heterocycles. The maximum absolute atomic E-state index is 12.0. The van der Waals surface area contributed by atoms with Crippen molar-refractivity contribution in [2.24, 2.45) is 5.14 Å². The Bertz CT molecular complexity index is 934. The van der Waals surface area contributed by atoms with E-state index in [2.05, 4.69) is 36.5 Å². The summed E-state index contributed by atoms with van der Waals surface area (Å²) in [6, 6.07) is 3.26. The van der Waals surface area contributed by atoms with Gasteiger partial charge in [0.05, 0.1) is 16.0 Å². The lowest BCUT2D eigenvalue weighted by atomic mass is 10.00. The number of aryl methyl sites for hydroxylation is 1. The van der Waals surface area contributed by atoms with Crippen LogP contribution in [0.3, 0.4) is 0 Å². The number of nitrogens with two attached hydrogens (primary N) is 1. The summed E-state index contributed by atoms with van der Waals surface area (Å²) in [6.45, 7) is 7.30. The van der Waals surface area contributed by atoms with E-state index in [9.17, 15) is 13.5 Å². The van der Waals surface area contributed by atoms with Gasteiger partial charge in [-0.2, -0.15) is 4.98 Å². The molecule has 1 aromatic heterocycles. The molecule has 0 aliphatic rings. The van der Waals surface area contributed by atoms with Crippen molar-refractivity contribution in [1.82, 2.24) is 9.97 Å². The fourth-order valence-electron chi connectivity index (χ4n) is 2.63. The van der Waals surface area contributed by atoms with Crippen molar-refractivity contribution < 1.29 is 13.5 Å². The smallest absolute Gasteiger partial charge is 0.238 e. The molecule has 27 heavy (non-hydrogen) atoms. The molecule has 0 saturated carbocycles. The van der Waals surface area contributed by atoms with Crippen LogP contribution in [0.2, 0.25) is 0 Å². The van der Waals surface area contributed by atoms with Crippen LogP contribution in [0, 0.1) is 6.92 Å². The zero-order valence-electron chi connectivity index (χ0n) is 15.6. The van der Waals surface area contributed by atoms with E-state index in [1.165, 1.54) is 0 Å². The summed E-state index contributed by atoms with van der Waals surface area (Å²) >= 11 is 3.37. The summed E-state index contributed by atoms with van der Waals surface area (Å²) in [7, 11) is -3.83. The van der Waals surface area contributed by atoms with Gasteiger partial charge >= 0.3 is 0 Å². The van der Waals surface area contributed by atoms with Crippen molar-refractivity contribution >= 4 is 43.4 Å². The van der Waals surface area contributed by atoms with Gasteiger partial charge in [0, 0.05) is 17.9 Å². The Morgan fingerprint density at radius 1 is 1.30 bits per heavy atom. The molecule has 10 heteroatoms. The standard InChI is InChI=1S/C17H24BrN5O3S/c1-9(2)13-6-12(5-10(3)15(13)27(19,25)26)22-17-20-7-14(18)16(23-17)21-11(4)8-24/h5-7,9,11,24H,8H2,1-4H3,(H2,19,25,26)(H2,20,21,22,23)/t11-/m1/s1. The molecule has 1 aromatic carbocycles. The van der Waals surface area contributed by atoms with Crippen LogP contribution in [0.4, 0.5) is 17.5 Å². The SMILES string of the molecule is Cc1cc(Nc2ncc(Br)c(N[C@H](C)CO)n2)cc(C(C)C)c1S(N)(=O)=O. The molecule has 0 spiro atoms. The predicted molar refractivity (Wildman–Crippen MR) is 110 cm³/mol. The molecule has 0 amide bonds. The average Bonchev–Trinajstić information content (AvgIpc) is 2.55. The Hall–Kier alpha value is -1.75. The van der Waals surface area contributed by atoms with Gasteiger partial charge in [0.2, 0.25) is 16.0 Å². The number of nitrogens with one attached hydrogen (secondary N) is 2. The fourth-order valence-corrected chi connectivity index (χ4v) is 4.06. The number of anilines is 3. The summed E-state index contributed by atoms with van der Waals surface area (Å²) in [5, 5.41) is 20.8. The van der Waals surface area contributed by atoms with E-state index in [0.29, 0.717) is 33.1 Å². The van der Waals surface area contributed by atoms with Gasteiger partial charge in [0.15, 0.2) is 0 Å². The van der Waals surface area contributed by atoms with Crippen molar-refractivity contribution in [3.8, 4) is 0 Å². The Morgan fingerprint density at radius 2 is 1.96 bits per heavy atom. The van der Waals surface area contributed by atoms with E-state index in [1.807, 2.05) is 20.8 Å². The van der Waals surface area contributed by atoms with Crippen molar-refractivity contribution in [2.75, 3.05) is 17.2 Å². The first-order valence-corrected chi connectivity index (χ1v) is 10.7. The van der Waals surface area contributed by atoms with Crippen LogP contribution in [-0.4, -0.2) is 36.1 Å². The number of hydrogen-bond donors (Lipinski definition) is 4. The molecule has 0 radical (unpaired) electrons. The van der Waals surface area contributed by atoms with Crippen LogP contribution in [0.25, 0.3) is 0 Å². The quantitative estimate of drug-likeness (QED) is 0.502. The number of aliphatic hydroxyl groups excluding tert-OH is 1. The van der Waals surface area contributed by atoms with Gasteiger partial charge in [-0.05, 0) is 59.0 Å². The lowest BCUT2D eigenvalue weighted by Gasteiger charge is -2.17. The number of rotatable bonds is 7. The maximum atomic E-state index is 12.0. The Kier molecular flexibility index (Phi) is 6.79. The first-order valence-electron chi connectivity index (χ1n) is 8.37. The molecule has 5 N–H and O–H groups in total. The lowest BCUT2D eigenvalue weighted by molar-refractivity contribution is 0.281. The fraction of sp³-hybridized carbons (Fsp3) is 0.412. The molecule has 2 aromatic rings. The molecule has 0 aliphatic carbocycles. The minimum absolute atomic E-state index is 0.0350. The molecule has 0 saturated heterocycles. The van der Waals surface area contributed by atoms with Gasteiger partial charge in [0.25, 0.3) is 0 Å². The number of hydrogen-bond acceptors (Lipinski definition) is 7. The number of primary sulfonamides is 1. The molecule has 1 heterocycles. The number of aliphatic hydroxyl groups is 1. The number of halogens is 1. The number of benzene rings is 1. The second kappa shape index (κ2) is 8.51. The molecule has 8 nitrogen and oxygen atoms in total. The molecular formula is C17H24BrN5O3S. The molecule has 0 unspecified atom stereocenters. The summed E-state index contributed by atoms with van der Waals surface area (Å²) in [5.41, 5.74) is 1.84. The van der Waals surface area contributed by atoms with E-state index in [0.717, 1.165) is 0 Å². The van der Waals surface area contributed by atoms with Crippen molar-refractivity contribution in [3.63, 3.8) is 0 Å². The zero-order valence-corrected chi connectivity index (χ0v) is 18.0. The Labute approximate surface area is 167 Å². The third-order valence-electron chi connectivity index (χ3n) is 3.87. The highest BCUT2D eigenvalue weighted by molar-refractivity contribution is 9.10. The van der Waals surface area contributed by atoms with Crippen LogP contribution in [0.1, 0.15) is 37.8 Å². The first-order chi connectivity index (χ1) is 12.5. The zero-order chi connectivity index (χ0) is 20.4. The van der Waals surface area contributed by atoms with Crippen LogP contribution in [-0.2, 0) is 10.0 Å². The molecular weight excluding hydrogens is 434 g/mol. The summed E-state index contributed by atoms with van der Waals surface area (Å²) < 4.78 is 24.6. The van der Waals surface area contributed by atoms with Crippen LogP contribution in [0.5, 0.6) is 0 Å². The normalized spacial score (nSPS) is 12.9. The minimum Gasteiger partial charge on any atom is -0.394 e. The third-order valence-corrected chi connectivity index (χ3v) is 5.57. The van der Waals surface area contributed by atoms with Gasteiger partial charge in [-0.1, -0.05) is 13.8 Å². The van der Waals surface area contributed by atoms with Crippen LogP contribution in [0.15, 0.2) is 27.7 Å². The second-order valence-electron chi connectivity index (χ2n) is 6.65. The minimum atomic E-state index is -3.83. The highest BCUT2D eigenvalue weighted by atomic mass is 79.9. The Balaban J connectivity index is 2.42. The number of aromatic nitrogens is 2. The van der Waals surface area contributed by atoms with Crippen molar-refractivity contribution in [1.29, 1.82) is 0 Å². The second-order valence-corrected chi connectivity index (χ2v) is 9.01.